The molecule has 0 aliphatic heterocycles. The van der Waals surface area contributed by atoms with Crippen molar-refractivity contribution in [2.75, 3.05) is 6.54 Å². The van der Waals surface area contributed by atoms with Crippen LogP contribution in [-0.4, -0.2) is 33.2 Å². The zero-order valence-corrected chi connectivity index (χ0v) is 10.7. The number of rotatable bonds is 5. The van der Waals surface area contributed by atoms with Crippen molar-refractivity contribution in [3.05, 3.63) is 30.3 Å². The Kier molecular flexibility index (Phi) is 4.26. The van der Waals surface area contributed by atoms with Crippen LogP contribution in [-0.2, 0) is 20.1 Å². The highest BCUT2D eigenvalue weighted by atomic mass is 32.2. The first-order chi connectivity index (χ1) is 7.73. The first-order valence-electron chi connectivity index (χ1n) is 4.74. The van der Waals surface area contributed by atoms with Gasteiger partial charge < -0.3 is 0 Å². The van der Waals surface area contributed by atoms with Gasteiger partial charge in [-0.2, -0.15) is 8.42 Å². The lowest BCUT2D eigenvalue weighted by Gasteiger charge is -2.10. The van der Waals surface area contributed by atoms with Crippen LogP contribution in [0.3, 0.4) is 0 Å². The van der Waals surface area contributed by atoms with Gasteiger partial charge in [-0.05, 0) is 19.1 Å². The highest BCUT2D eigenvalue weighted by Crippen LogP contribution is 2.07. The minimum absolute atomic E-state index is 0.0440. The summed E-state index contributed by atoms with van der Waals surface area (Å²) < 4.78 is 55.6. The Morgan fingerprint density at radius 2 is 1.71 bits per heavy atom. The highest BCUT2D eigenvalue weighted by molar-refractivity contribution is 7.89. The normalized spacial score (nSPS) is 14.5. The lowest BCUT2D eigenvalue weighted by atomic mass is 10.4. The molecule has 0 aromatic heterocycles. The van der Waals surface area contributed by atoms with E-state index in [0.717, 1.165) is 0 Å². The smallest absolute Gasteiger partial charge is 0.268 e. The van der Waals surface area contributed by atoms with Gasteiger partial charge in [0.05, 0.1) is 10.1 Å². The van der Waals surface area contributed by atoms with Crippen molar-refractivity contribution in [1.82, 2.24) is 4.72 Å². The monoisotopic (exact) mass is 279 g/mol. The molecule has 1 unspecified atom stereocenters. The van der Waals surface area contributed by atoms with E-state index in [2.05, 4.69) is 4.72 Å². The van der Waals surface area contributed by atoms with E-state index in [1.165, 1.54) is 19.1 Å². The highest BCUT2D eigenvalue weighted by Gasteiger charge is 2.21. The summed E-state index contributed by atoms with van der Waals surface area (Å²) in [4.78, 5) is 0.0440. The standard InChI is InChI=1S/C9H13NO5S2/c1-8(17(13,14)15)7-10-16(11,12)9-5-3-2-4-6-9/h2-6,8,10H,7H2,1H3,(H,13,14,15). The van der Waals surface area contributed by atoms with Gasteiger partial charge in [-0.25, -0.2) is 13.1 Å². The fraction of sp³-hybridized carbons (Fsp3) is 0.333. The second-order valence-corrected chi connectivity index (χ2v) is 7.09. The molecular weight excluding hydrogens is 266 g/mol. The molecule has 0 saturated heterocycles. The SMILES string of the molecule is CC(CNS(=O)(=O)c1ccccc1)S(=O)(=O)O. The maximum Gasteiger partial charge on any atom is 0.268 e. The van der Waals surface area contributed by atoms with Gasteiger partial charge in [0.15, 0.2) is 0 Å². The Bertz CT molecular complexity index is 565. The summed E-state index contributed by atoms with van der Waals surface area (Å²) in [6.07, 6.45) is 0. The second kappa shape index (κ2) is 5.13. The van der Waals surface area contributed by atoms with E-state index in [4.69, 9.17) is 4.55 Å². The van der Waals surface area contributed by atoms with E-state index >= 15 is 0 Å². The molecule has 0 radical (unpaired) electrons. The number of hydrogen-bond acceptors (Lipinski definition) is 4. The molecule has 1 aromatic carbocycles. The third-order valence-corrected chi connectivity index (χ3v) is 4.75. The van der Waals surface area contributed by atoms with Crippen LogP contribution in [0.15, 0.2) is 35.2 Å². The Hall–Kier alpha value is -0.960. The fourth-order valence-electron chi connectivity index (χ4n) is 1.02. The second-order valence-electron chi connectivity index (χ2n) is 3.49. The summed E-state index contributed by atoms with van der Waals surface area (Å²) >= 11 is 0. The van der Waals surface area contributed by atoms with Crippen molar-refractivity contribution in [2.45, 2.75) is 17.1 Å². The van der Waals surface area contributed by atoms with E-state index in [1.807, 2.05) is 0 Å². The zero-order valence-electron chi connectivity index (χ0n) is 9.07. The summed E-state index contributed by atoms with van der Waals surface area (Å²) in [7, 11) is -7.98. The van der Waals surface area contributed by atoms with Gasteiger partial charge in [-0.3, -0.25) is 4.55 Å². The quantitative estimate of drug-likeness (QED) is 0.752. The van der Waals surface area contributed by atoms with Gasteiger partial charge in [-0.15, -0.1) is 0 Å². The van der Waals surface area contributed by atoms with Gasteiger partial charge in [0.1, 0.15) is 0 Å². The number of hydrogen-bond donors (Lipinski definition) is 2. The van der Waals surface area contributed by atoms with Crippen molar-refractivity contribution in [1.29, 1.82) is 0 Å². The van der Waals surface area contributed by atoms with Crippen molar-refractivity contribution in [3.63, 3.8) is 0 Å². The van der Waals surface area contributed by atoms with Crippen LogP contribution in [0.25, 0.3) is 0 Å². The molecule has 17 heavy (non-hydrogen) atoms. The van der Waals surface area contributed by atoms with E-state index < -0.39 is 25.4 Å². The molecule has 0 amide bonds. The Morgan fingerprint density at radius 1 is 1.18 bits per heavy atom. The molecule has 1 rings (SSSR count). The van der Waals surface area contributed by atoms with Crippen LogP contribution in [0.4, 0.5) is 0 Å². The maximum atomic E-state index is 11.7. The van der Waals surface area contributed by atoms with Crippen molar-refractivity contribution in [3.8, 4) is 0 Å². The zero-order chi connectivity index (χ0) is 13.1. The fourth-order valence-corrected chi connectivity index (χ4v) is 2.57. The minimum atomic E-state index is -4.23. The van der Waals surface area contributed by atoms with Crippen LogP contribution in [0.5, 0.6) is 0 Å². The van der Waals surface area contributed by atoms with Gasteiger partial charge >= 0.3 is 0 Å². The molecule has 0 aliphatic rings. The topological polar surface area (TPSA) is 101 Å². The number of sulfonamides is 1. The molecule has 0 aliphatic carbocycles. The molecule has 0 saturated carbocycles. The van der Waals surface area contributed by atoms with Crippen LogP contribution in [0, 0.1) is 0 Å². The van der Waals surface area contributed by atoms with Gasteiger partial charge in [0.2, 0.25) is 10.0 Å². The summed E-state index contributed by atoms with van der Waals surface area (Å²) in [5.41, 5.74) is 0. The average molecular weight is 279 g/mol. The van der Waals surface area contributed by atoms with Crippen molar-refractivity contribution >= 4 is 20.1 Å². The van der Waals surface area contributed by atoms with E-state index in [9.17, 15) is 16.8 Å². The summed E-state index contributed by atoms with van der Waals surface area (Å²) in [5.74, 6) is 0. The first kappa shape index (κ1) is 14.1. The largest absolute Gasteiger partial charge is 0.285 e. The Labute approximate surface area is 100 Å². The molecule has 2 N–H and O–H groups in total. The molecule has 0 bridgehead atoms. The Morgan fingerprint density at radius 3 is 2.18 bits per heavy atom. The van der Waals surface area contributed by atoms with E-state index in [-0.39, 0.29) is 11.4 Å². The van der Waals surface area contributed by atoms with Crippen LogP contribution in [0.1, 0.15) is 6.92 Å². The summed E-state index contributed by atoms with van der Waals surface area (Å²) in [5, 5.41) is -1.19. The molecular formula is C9H13NO5S2. The molecule has 0 fully saturated rings. The van der Waals surface area contributed by atoms with E-state index in [1.54, 1.807) is 18.2 Å². The van der Waals surface area contributed by atoms with Crippen LogP contribution < -0.4 is 4.72 Å². The Balaban J connectivity index is 2.77. The van der Waals surface area contributed by atoms with Gasteiger partial charge in [0, 0.05) is 6.54 Å². The molecule has 0 spiro atoms. The van der Waals surface area contributed by atoms with Gasteiger partial charge in [0.25, 0.3) is 10.1 Å². The third kappa shape index (κ3) is 4.08. The lowest BCUT2D eigenvalue weighted by Crippen LogP contribution is -2.34. The predicted molar refractivity (Wildman–Crippen MR) is 62.6 cm³/mol. The molecule has 0 heterocycles. The number of nitrogens with one attached hydrogen (secondary N) is 1. The number of benzene rings is 1. The molecule has 1 atom stereocenters. The predicted octanol–water partition coefficient (Wildman–Crippen LogP) is 0.241. The molecule has 96 valence electrons. The van der Waals surface area contributed by atoms with Crippen molar-refractivity contribution < 1.29 is 21.4 Å². The van der Waals surface area contributed by atoms with Crippen LogP contribution >= 0.6 is 0 Å². The third-order valence-electron chi connectivity index (χ3n) is 2.12. The summed E-state index contributed by atoms with van der Waals surface area (Å²) in [6.45, 7) is 0.832. The molecule has 1 aromatic rings. The minimum Gasteiger partial charge on any atom is -0.285 e. The lowest BCUT2D eigenvalue weighted by molar-refractivity contribution is 0.469. The molecule has 6 nitrogen and oxygen atoms in total. The average Bonchev–Trinajstić information content (AvgIpc) is 2.26. The molecule has 8 heteroatoms. The summed E-state index contributed by atoms with van der Waals surface area (Å²) in [6, 6.07) is 7.56. The van der Waals surface area contributed by atoms with Gasteiger partial charge in [-0.1, -0.05) is 18.2 Å². The first-order valence-corrected chi connectivity index (χ1v) is 7.73. The maximum absolute atomic E-state index is 11.7. The van der Waals surface area contributed by atoms with Crippen LogP contribution in [0.2, 0.25) is 0 Å². The van der Waals surface area contributed by atoms with E-state index in [0.29, 0.717) is 0 Å². The van der Waals surface area contributed by atoms with Crippen molar-refractivity contribution in [2.24, 2.45) is 0 Å².